The summed E-state index contributed by atoms with van der Waals surface area (Å²) in [7, 11) is 3.70. The van der Waals surface area contributed by atoms with Crippen LogP contribution in [0.1, 0.15) is 23.2 Å². The Bertz CT molecular complexity index is 533. The third-order valence-corrected chi connectivity index (χ3v) is 3.34. The van der Waals surface area contributed by atoms with Crippen LogP contribution in [0.4, 0.5) is 5.82 Å². The molecular formula is C14H19N3O4. The molecule has 7 heteroatoms. The smallest absolute Gasteiger partial charge is 0.332 e. The molecule has 1 aliphatic heterocycles. The number of carbonyl (C=O) groups is 2. The first-order valence-corrected chi connectivity index (χ1v) is 6.77. The van der Waals surface area contributed by atoms with Crippen LogP contribution in [-0.2, 0) is 9.53 Å². The molecule has 0 saturated carbocycles. The quantitative estimate of drug-likeness (QED) is 0.822. The van der Waals surface area contributed by atoms with E-state index in [1.54, 1.807) is 18.3 Å². The van der Waals surface area contributed by atoms with Crippen molar-refractivity contribution in [1.82, 2.24) is 10.3 Å². The van der Waals surface area contributed by atoms with E-state index < -0.39 is 12.1 Å². The molecule has 0 aromatic carbocycles. The fraction of sp³-hybridized carbons (Fsp3) is 0.500. The van der Waals surface area contributed by atoms with Gasteiger partial charge in [0, 0.05) is 32.4 Å². The molecule has 21 heavy (non-hydrogen) atoms. The van der Waals surface area contributed by atoms with Gasteiger partial charge in [-0.15, -0.1) is 0 Å². The van der Waals surface area contributed by atoms with E-state index in [0.717, 1.165) is 0 Å². The van der Waals surface area contributed by atoms with E-state index in [9.17, 15) is 9.59 Å². The highest BCUT2D eigenvalue weighted by Gasteiger charge is 2.30. The third kappa shape index (κ3) is 3.91. The Labute approximate surface area is 122 Å². The molecule has 1 fully saturated rings. The Morgan fingerprint density at radius 1 is 1.48 bits per heavy atom. The topological polar surface area (TPSA) is 91.8 Å². The van der Waals surface area contributed by atoms with E-state index in [0.29, 0.717) is 30.8 Å². The molecule has 114 valence electrons. The van der Waals surface area contributed by atoms with Gasteiger partial charge in [-0.3, -0.25) is 4.79 Å². The van der Waals surface area contributed by atoms with E-state index in [2.05, 4.69) is 10.3 Å². The van der Waals surface area contributed by atoms with Crippen molar-refractivity contribution in [2.45, 2.75) is 25.0 Å². The molecule has 0 bridgehead atoms. The summed E-state index contributed by atoms with van der Waals surface area (Å²) in [4.78, 5) is 28.8. The first kappa shape index (κ1) is 15.2. The molecular weight excluding hydrogens is 274 g/mol. The molecule has 1 amide bonds. The van der Waals surface area contributed by atoms with Gasteiger partial charge >= 0.3 is 5.97 Å². The standard InChI is InChI=1S/C14H19N3O4/c1-17(2)12-7-9(5-6-15-12)13(18)16-8-10-3-4-11(21-10)14(19)20/h5-7,10-11H,3-4,8H2,1-2H3,(H,16,18)(H,19,20). The lowest BCUT2D eigenvalue weighted by atomic mass is 10.2. The SMILES string of the molecule is CN(C)c1cc(C(=O)NCC2CCC(C(=O)O)O2)ccn1. The number of hydrogen-bond donors (Lipinski definition) is 2. The Balaban J connectivity index is 1.88. The lowest BCUT2D eigenvalue weighted by Crippen LogP contribution is -2.33. The van der Waals surface area contributed by atoms with Gasteiger partial charge in [-0.2, -0.15) is 0 Å². The van der Waals surface area contributed by atoms with Crippen LogP contribution in [0.5, 0.6) is 0 Å². The van der Waals surface area contributed by atoms with Gasteiger partial charge < -0.3 is 20.1 Å². The summed E-state index contributed by atoms with van der Waals surface area (Å²) in [6.45, 7) is 0.308. The molecule has 0 radical (unpaired) electrons. The predicted molar refractivity (Wildman–Crippen MR) is 76.4 cm³/mol. The van der Waals surface area contributed by atoms with Gasteiger partial charge in [0.15, 0.2) is 6.10 Å². The second kappa shape index (κ2) is 6.53. The van der Waals surface area contributed by atoms with Gasteiger partial charge in [-0.05, 0) is 25.0 Å². The van der Waals surface area contributed by atoms with Crippen molar-refractivity contribution in [3.8, 4) is 0 Å². The highest BCUT2D eigenvalue weighted by atomic mass is 16.5. The maximum Gasteiger partial charge on any atom is 0.332 e. The number of pyridine rings is 1. The maximum atomic E-state index is 12.1. The summed E-state index contributed by atoms with van der Waals surface area (Å²) in [6.07, 6.45) is 1.70. The number of nitrogens with one attached hydrogen (secondary N) is 1. The number of amides is 1. The summed E-state index contributed by atoms with van der Waals surface area (Å²) < 4.78 is 5.34. The molecule has 7 nitrogen and oxygen atoms in total. The minimum atomic E-state index is -0.950. The molecule has 1 aliphatic rings. The second-order valence-electron chi connectivity index (χ2n) is 5.17. The van der Waals surface area contributed by atoms with Gasteiger partial charge in [0.1, 0.15) is 5.82 Å². The number of hydrogen-bond acceptors (Lipinski definition) is 5. The zero-order chi connectivity index (χ0) is 15.4. The minimum Gasteiger partial charge on any atom is -0.479 e. The number of nitrogens with zero attached hydrogens (tertiary/aromatic N) is 2. The molecule has 2 unspecified atom stereocenters. The number of carboxylic acids is 1. The van der Waals surface area contributed by atoms with Crippen LogP contribution in [0.2, 0.25) is 0 Å². The Kier molecular flexibility index (Phi) is 4.74. The zero-order valence-corrected chi connectivity index (χ0v) is 12.1. The summed E-state index contributed by atoms with van der Waals surface area (Å²) in [5, 5.41) is 11.6. The van der Waals surface area contributed by atoms with Crippen LogP contribution < -0.4 is 10.2 Å². The number of ether oxygens (including phenoxy) is 1. The van der Waals surface area contributed by atoms with Crippen LogP contribution in [0.15, 0.2) is 18.3 Å². The first-order valence-electron chi connectivity index (χ1n) is 6.77. The van der Waals surface area contributed by atoms with Crippen LogP contribution >= 0.6 is 0 Å². The van der Waals surface area contributed by atoms with E-state index in [-0.39, 0.29) is 12.0 Å². The lowest BCUT2D eigenvalue weighted by molar-refractivity contribution is -0.149. The van der Waals surface area contributed by atoms with Crippen molar-refractivity contribution in [1.29, 1.82) is 0 Å². The van der Waals surface area contributed by atoms with Gasteiger partial charge in [0.2, 0.25) is 0 Å². The lowest BCUT2D eigenvalue weighted by Gasteiger charge is -2.14. The molecule has 1 aromatic rings. The van der Waals surface area contributed by atoms with Crippen molar-refractivity contribution in [3.05, 3.63) is 23.9 Å². The van der Waals surface area contributed by atoms with E-state index in [1.807, 2.05) is 19.0 Å². The monoisotopic (exact) mass is 293 g/mol. The highest BCUT2D eigenvalue weighted by Crippen LogP contribution is 2.19. The largest absolute Gasteiger partial charge is 0.479 e. The fourth-order valence-corrected chi connectivity index (χ4v) is 2.15. The Morgan fingerprint density at radius 3 is 2.86 bits per heavy atom. The van der Waals surface area contributed by atoms with Gasteiger partial charge in [-0.1, -0.05) is 0 Å². The summed E-state index contributed by atoms with van der Waals surface area (Å²) in [6, 6.07) is 3.34. The summed E-state index contributed by atoms with van der Waals surface area (Å²) in [5.74, 6) is -0.470. The number of anilines is 1. The van der Waals surface area contributed by atoms with Crippen LogP contribution in [0.3, 0.4) is 0 Å². The van der Waals surface area contributed by atoms with E-state index in [4.69, 9.17) is 9.84 Å². The van der Waals surface area contributed by atoms with Crippen LogP contribution in [0, 0.1) is 0 Å². The molecule has 2 N–H and O–H groups in total. The highest BCUT2D eigenvalue weighted by molar-refractivity contribution is 5.94. The summed E-state index contributed by atoms with van der Waals surface area (Å²) >= 11 is 0. The zero-order valence-electron chi connectivity index (χ0n) is 12.1. The van der Waals surface area contributed by atoms with E-state index in [1.165, 1.54) is 0 Å². The van der Waals surface area contributed by atoms with Gasteiger partial charge in [0.05, 0.1) is 6.10 Å². The average Bonchev–Trinajstić information content (AvgIpc) is 2.94. The molecule has 0 aliphatic carbocycles. The van der Waals surface area contributed by atoms with Crippen molar-refractivity contribution in [2.75, 3.05) is 25.5 Å². The van der Waals surface area contributed by atoms with Crippen molar-refractivity contribution >= 4 is 17.7 Å². The molecule has 2 heterocycles. The molecule has 2 atom stereocenters. The summed E-state index contributed by atoms with van der Waals surface area (Å²) in [5.41, 5.74) is 0.515. The molecule has 1 aromatic heterocycles. The Hall–Kier alpha value is -2.15. The minimum absolute atomic E-state index is 0.220. The third-order valence-electron chi connectivity index (χ3n) is 3.34. The predicted octanol–water partition coefficient (Wildman–Crippen LogP) is 0.510. The number of aromatic nitrogens is 1. The second-order valence-corrected chi connectivity index (χ2v) is 5.17. The van der Waals surface area contributed by atoms with E-state index >= 15 is 0 Å². The first-order chi connectivity index (χ1) is 9.97. The number of carbonyl (C=O) groups excluding carboxylic acids is 1. The van der Waals surface area contributed by atoms with Crippen molar-refractivity contribution in [3.63, 3.8) is 0 Å². The normalized spacial score (nSPS) is 21.0. The van der Waals surface area contributed by atoms with Crippen LogP contribution in [-0.4, -0.2) is 54.8 Å². The van der Waals surface area contributed by atoms with Crippen molar-refractivity contribution < 1.29 is 19.4 Å². The number of rotatable bonds is 5. The molecule has 1 saturated heterocycles. The maximum absolute atomic E-state index is 12.1. The van der Waals surface area contributed by atoms with Crippen LogP contribution in [0.25, 0.3) is 0 Å². The van der Waals surface area contributed by atoms with Crippen molar-refractivity contribution in [2.24, 2.45) is 0 Å². The fourth-order valence-electron chi connectivity index (χ4n) is 2.15. The average molecular weight is 293 g/mol. The molecule has 2 rings (SSSR count). The number of carboxylic acid groups (broad SMARTS) is 1. The van der Waals surface area contributed by atoms with Gasteiger partial charge in [0.25, 0.3) is 5.91 Å². The number of aliphatic carboxylic acids is 1. The van der Waals surface area contributed by atoms with Gasteiger partial charge in [-0.25, -0.2) is 9.78 Å². The molecule has 0 spiro atoms. The Morgan fingerprint density at radius 2 is 2.24 bits per heavy atom.